The second kappa shape index (κ2) is 7.59. The molecule has 0 bridgehead atoms. The first-order valence-corrected chi connectivity index (χ1v) is 9.27. The molecule has 0 aliphatic carbocycles. The molecule has 1 unspecified atom stereocenters. The third-order valence-corrected chi connectivity index (χ3v) is 4.97. The number of benzene rings is 2. The third-order valence-electron chi connectivity index (χ3n) is 4.74. The van der Waals surface area contributed by atoms with Gasteiger partial charge in [-0.1, -0.05) is 11.6 Å². The largest absolute Gasteiger partial charge is 0.495 e. The minimum Gasteiger partial charge on any atom is -0.495 e. The van der Waals surface area contributed by atoms with Gasteiger partial charge in [-0.05, 0) is 30.3 Å². The Kier molecular flexibility index (Phi) is 5.00. The predicted molar refractivity (Wildman–Crippen MR) is 105 cm³/mol. The third kappa shape index (κ3) is 3.57. The van der Waals surface area contributed by atoms with Crippen molar-refractivity contribution >= 4 is 34.8 Å². The number of methoxy groups -OCH3 is 1. The molecule has 0 radical (unpaired) electrons. The normalized spacial score (nSPS) is 18.1. The molecule has 1 fully saturated rings. The first-order valence-electron chi connectivity index (χ1n) is 8.89. The van der Waals surface area contributed by atoms with Crippen molar-refractivity contribution in [3.8, 4) is 17.2 Å². The lowest BCUT2D eigenvalue weighted by Crippen LogP contribution is -2.28. The number of hydrogen-bond acceptors (Lipinski definition) is 5. The number of nitrogens with zero attached hydrogens (tertiary/aromatic N) is 1. The Hall–Kier alpha value is -2.93. The van der Waals surface area contributed by atoms with Gasteiger partial charge in [0.05, 0.1) is 18.7 Å². The summed E-state index contributed by atoms with van der Waals surface area (Å²) in [4.78, 5) is 26.8. The van der Waals surface area contributed by atoms with Gasteiger partial charge in [0.1, 0.15) is 19.0 Å². The van der Waals surface area contributed by atoms with E-state index in [1.54, 1.807) is 41.3 Å². The van der Waals surface area contributed by atoms with Crippen LogP contribution in [0, 0.1) is 5.92 Å². The van der Waals surface area contributed by atoms with Crippen molar-refractivity contribution < 1.29 is 23.8 Å². The van der Waals surface area contributed by atoms with E-state index in [-0.39, 0.29) is 24.8 Å². The molecule has 2 heterocycles. The van der Waals surface area contributed by atoms with Crippen LogP contribution in [0.15, 0.2) is 36.4 Å². The van der Waals surface area contributed by atoms with Crippen molar-refractivity contribution in [2.24, 2.45) is 5.92 Å². The van der Waals surface area contributed by atoms with E-state index in [0.717, 1.165) is 0 Å². The summed E-state index contributed by atoms with van der Waals surface area (Å²) >= 11 is 6.07. The lowest BCUT2D eigenvalue weighted by atomic mass is 10.1. The molecule has 2 aromatic rings. The summed E-state index contributed by atoms with van der Waals surface area (Å²) in [6, 6.07) is 10.3. The van der Waals surface area contributed by atoms with Crippen LogP contribution in [0.2, 0.25) is 5.02 Å². The molecule has 2 aromatic carbocycles. The summed E-state index contributed by atoms with van der Waals surface area (Å²) < 4.78 is 16.3. The van der Waals surface area contributed by atoms with Gasteiger partial charge in [0.15, 0.2) is 11.5 Å². The zero-order valence-corrected chi connectivity index (χ0v) is 16.0. The number of carbonyl (C=O) groups is 2. The number of hydrogen-bond donors (Lipinski definition) is 1. The summed E-state index contributed by atoms with van der Waals surface area (Å²) in [5.41, 5.74) is 1.16. The van der Waals surface area contributed by atoms with Crippen LogP contribution in [-0.2, 0) is 9.59 Å². The van der Waals surface area contributed by atoms with Crippen LogP contribution < -0.4 is 24.4 Å². The van der Waals surface area contributed by atoms with Gasteiger partial charge in [0, 0.05) is 29.7 Å². The van der Waals surface area contributed by atoms with Gasteiger partial charge in [-0.3, -0.25) is 9.59 Å². The number of ether oxygens (including phenoxy) is 3. The fourth-order valence-corrected chi connectivity index (χ4v) is 3.52. The highest BCUT2D eigenvalue weighted by Crippen LogP contribution is 2.36. The zero-order chi connectivity index (χ0) is 19.7. The maximum atomic E-state index is 12.7. The molecule has 1 atom stereocenters. The molecule has 2 aliphatic rings. The first-order chi connectivity index (χ1) is 13.5. The van der Waals surface area contributed by atoms with Crippen molar-refractivity contribution in [2.75, 3.05) is 37.1 Å². The summed E-state index contributed by atoms with van der Waals surface area (Å²) in [5, 5.41) is 3.35. The van der Waals surface area contributed by atoms with Crippen LogP contribution in [0.25, 0.3) is 0 Å². The van der Waals surface area contributed by atoms with E-state index >= 15 is 0 Å². The Morgan fingerprint density at radius 3 is 2.75 bits per heavy atom. The number of rotatable bonds is 4. The molecule has 1 saturated heterocycles. The second-order valence-corrected chi connectivity index (χ2v) is 7.01. The Balaban J connectivity index is 1.48. The van der Waals surface area contributed by atoms with Crippen LogP contribution in [-0.4, -0.2) is 38.7 Å². The fraction of sp³-hybridized carbons (Fsp3) is 0.300. The van der Waals surface area contributed by atoms with Crippen molar-refractivity contribution in [3.63, 3.8) is 0 Å². The first kappa shape index (κ1) is 18.4. The maximum Gasteiger partial charge on any atom is 0.229 e. The highest BCUT2D eigenvalue weighted by Gasteiger charge is 2.36. The van der Waals surface area contributed by atoms with Crippen molar-refractivity contribution in [2.45, 2.75) is 6.42 Å². The molecule has 7 nitrogen and oxygen atoms in total. The van der Waals surface area contributed by atoms with Crippen LogP contribution in [0.5, 0.6) is 17.2 Å². The standard InChI is InChI=1S/C20H19ClN2O5/c1-26-16-4-2-13(21)9-15(16)23-11-12(8-19(23)24)20(25)22-14-3-5-17-18(10-14)28-7-6-27-17/h2-5,9-10,12H,6-8,11H2,1H3,(H,22,25). The van der Waals surface area contributed by atoms with Gasteiger partial charge in [0.25, 0.3) is 0 Å². The minimum absolute atomic E-state index is 0.117. The number of amides is 2. The quantitative estimate of drug-likeness (QED) is 0.850. The van der Waals surface area contributed by atoms with Gasteiger partial charge in [-0.25, -0.2) is 0 Å². The van der Waals surface area contributed by atoms with E-state index in [2.05, 4.69) is 5.32 Å². The Bertz CT molecular complexity index is 933. The van der Waals surface area contributed by atoms with Gasteiger partial charge in [-0.15, -0.1) is 0 Å². The van der Waals surface area contributed by atoms with Crippen molar-refractivity contribution in [1.29, 1.82) is 0 Å². The molecular formula is C20H19ClN2O5. The molecule has 28 heavy (non-hydrogen) atoms. The van der Waals surface area contributed by atoms with Gasteiger partial charge < -0.3 is 24.4 Å². The van der Waals surface area contributed by atoms with E-state index in [9.17, 15) is 9.59 Å². The Morgan fingerprint density at radius 1 is 1.18 bits per heavy atom. The molecule has 4 rings (SSSR count). The van der Waals surface area contributed by atoms with Crippen LogP contribution in [0.1, 0.15) is 6.42 Å². The number of nitrogens with one attached hydrogen (secondary N) is 1. The number of halogens is 1. The highest BCUT2D eigenvalue weighted by atomic mass is 35.5. The van der Waals surface area contributed by atoms with E-state index < -0.39 is 5.92 Å². The summed E-state index contributed by atoms with van der Waals surface area (Å²) in [7, 11) is 1.53. The minimum atomic E-state index is -0.482. The molecule has 0 saturated carbocycles. The van der Waals surface area contributed by atoms with Crippen LogP contribution in [0.4, 0.5) is 11.4 Å². The van der Waals surface area contributed by atoms with Crippen molar-refractivity contribution in [3.05, 3.63) is 41.4 Å². The van der Waals surface area contributed by atoms with E-state index in [0.29, 0.717) is 46.9 Å². The lowest BCUT2D eigenvalue weighted by molar-refractivity contribution is -0.122. The van der Waals surface area contributed by atoms with E-state index in [4.69, 9.17) is 25.8 Å². The molecule has 0 spiro atoms. The topological polar surface area (TPSA) is 77.1 Å². The maximum absolute atomic E-state index is 12.7. The Labute approximate surface area is 167 Å². The van der Waals surface area contributed by atoms with Gasteiger partial charge in [-0.2, -0.15) is 0 Å². The van der Waals surface area contributed by atoms with Crippen molar-refractivity contribution in [1.82, 2.24) is 0 Å². The highest BCUT2D eigenvalue weighted by molar-refractivity contribution is 6.31. The van der Waals surface area contributed by atoms with Gasteiger partial charge in [0.2, 0.25) is 11.8 Å². The molecule has 1 N–H and O–H groups in total. The molecule has 0 aromatic heterocycles. The number of fused-ring (bicyclic) bond motifs is 1. The lowest BCUT2D eigenvalue weighted by Gasteiger charge is -2.20. The summed E-state index contributed by atoms with van der Waals surface area (Å²) in [6.45, 7) is 1.23. The summed E-state index contributed by atoms with van der Waals surface area (Å²) in [5.74, 6) is 0.919. The molecular weight excluding hydrogens is 384 g/mol. The van der Waals surface area contributed by atoms with E-state index in [1.807, 2.05) is 0 Å². The number of carbonyl (C=O) groups excluding carboxylic acids is 2. The molecule has 2 amide bonds. The fourth-order valence-electron chi connectivity index (χ4n) is 3.36. The Morgan fingerprint density at radius 2 is 1.96 bits per heavy atom. The predicted octanol–water partition coefficient (Wildman–Crippen LogP) is 3.11. The summed E-state index contributed by atoms with van der Waals surface area (Å²) in [6.07, 6.45) is 0.117. The van der Waals surface area contributed by atoms with Gasteiger partial charge >= 0.3 is 0 Å². The smallest absolute Gasteiger partial charge is 0.229 e. The SMILES string of the molecule is COc1ccc(Cl)cc1N1CC(C(=O)Nc2ccc3c(c2)OCCO3)CC1=O. The van der Waals surface area contributed by atoms with E-state index in [1.165, 1.54) is 7.11 Å². The van der Waals surface area contributed by atoms with Crippen LogP contribution >= 0.6 is 11.6 Å². The molecule has 146 valence electrons. The number of anilines is 2. The second-order valence-electron chi connectivity index (χ2n) is 6.57. The molecule has 8 heteroatoms. The van der Waals surface area contributed by atoms with Crippen LogP contribution in [0.3, 0.4) is 0 Å². The molecule has 2 aliphatic heterocycles. The monoisotopic (exact) mass is 402 g/mol. The average molecular weight is 403 g/mol. The average Bonchev–Trinajstić information content (AvgIpc) is 3.09. The zero-order valence-electron chi connectivity index (χ0n) is 15.2.